The molecule has 21 heavy (non-hydrogen) atoms. The Bertz CT molecular complexity index is 660. The Kier molecular flexibility index (Phi) is 4.80. The van der Waals surface area contributed by atoms with E-state index in [-0.39, 0.29) is 17.4 Å². The number of Topliss-reactive ketones (excluding diaryl/α,β-unsaturated/α-hetero) is 1. The molecule has 0 radical (unpaired) electrons. The van der Waals surface area contributed by atoms with Crippen LogP contribution in [-0.4, -0.2) is 22.4 Å². The standard InChI is InChI=1S/C15H16N2O3S/c1-9-11(3)20-15(16-9)21-8-14(19)17-13-7-5-4-6-12(13)10(2)18/h4-7H,8H2,1-3H3,(H,17,19). The Labute approximate surface area is 127 Å². The summed E-state index contributed by atoms with van der Waals surface area (Å²) in [6, 6.07) is 6.93. The Morgan fingerprint density at radius 3 is 2.62 bits per heavy atom. The third-order valence-corrected chi connectivity index (χ3v) is 3.74. The first-order chi connectivity index (χ1) is 9.97. The average molecular weight is 304 g/mol. The number of amides is 1. The summed E-state index contributed by atoms with van der Waals surface area (Å²) in [5, 5.41) is 3.21. The van der Waals surface area contributed by atoms with Crippen molar-refractivity contribution >= 4 is 29.1 Å². The van der Waals surface area contributed by atoms with Crippen LogP contribution in [0, 0.1) is 13.8 Å². The van der Waals surface area contributed by atoms with Crippen LogP contribution < -0.4 is 5.32 Å². The maximum atomic E-state index is 11.9. The van der Waals surface area contributed by atoms with Crippen LogP contribution in [0.15, 0.2) is 33.9 Å². The number of anilines is 1. The van der Waals surface area contributed by atoms with Gasteiger partial charge in [0.1, 0.15) is 5.76 Å². The van der Waals surface area contributed by atoms with Crippen LogP contribution in [0.1, 0.15) is 28.7 Å². The van der Waals surface area contributed by atoms with Gasteiger partial charge >= 0.3 is 0 Å². The van der Waals surface area contributed by atoms with Gasteiger partial charge in [0.15, 0.2) is 5.78 Å². The van der Waals surface area contributed by atoms with Gasteiger partial charge in [-0.3, -0.25) is 9.59 Å². The number of rotatable bonds is 5. The SMILES string of the molecule is CC(=O)c1ccccc1NC(=O)CSc1nc(C)c(C)o1. The molecule has 0 unspecified atom stereocenters. The molecule has 0 saturated carbocycles. The molecule has 0 aliphatic carbocycles. The van der Waals surface area contributed by atoms with Crippen molar-refractivity contribution in [1.82, 2.24) is 4.98 Å². The quantitative estimate of drug-likeness (QED) is 0.678. The van der Waals surface area contributed by atoms with E-state index in [2.05, 4.69) is 10.3 Å². The van der Waals surface area contributed by atoms with E-state index >= 15 is 0 Å². The molecule has 1 aromatic carbocycles. The number of hydrogen-bond donors (Lipinski definition) is 1. The average Bonchev–Trinajstić information content (AvgIpc) is 2.76. The zero-order chi connectivity index (χ0) is 15.4. The molecule has 2 rings (SSSR count). The Balaban J connectivity index is 1.97. The van der Waals surface area contributed by atoms with E-state index in [1.54, 1.807) is 24.3 Å². The van der Waals surface area contributed by atoms with Crippen LogP contribution in [0.5, 0.6) is 0 Å². The fraction of sp³-hybridized carbons (Fsp3) is 0.267. The second-order valence-corrected chi connectivity index (χ2v) is 5.49. The molecular formula is C15H16N2O3S. The molecular weight excluding hydrogens is 288 g/mol. The fourth-order valence-electron chi connectivity index (χ4n) is 1.72. The number of para-hydroxylation sites is 1. The summed E-state index contributed by atoms with van der Waals surface area (Å²) in [7, 11) is 0. The molecule has 1 aromatic heterocycles. The largest absolute Gasteiger partial charge is 0.437 e. The lowest BCUT2D eigenvalue weighted by Crippen LogP contribution is -2.16. The van der Waals surface area contributed by atoms with E-state index in [1.807, 2.05) is 13.8 Å². The highest BCUT2D eigenvalue weighted by atomic mass is 32.2. The summed E-state index contributed by atoms with van der Waals surface area (Å²) in [5.74, 6) is 0.630. The van der Waals surface area contributed by atoms with E-state index < -0.39 is 0 Å². The van der Waals surface area contributed by atoms with Crippen molar-refractivity contribution in [3.8, 4) is 0 Å². The number of aryl methyl sites for hydroxylation is 2. The highest BCUT2D eigenvalue weighted by Gasteiger charge is 2.12. The van der Waals surface area contributed by atoms with E-state index in [0.29, 0.717) is 16.5 Å². The number of benzene rings is 1. The number of nitrogens with zero attached hydrogens (tertiary/aromatic N) is 1. The second-order valence-electron chi connectivity index (χ2n) is 4.56. The van der Waals surface area contributed by atoms with E-state index in [1.165, 1.54) is 18.7 Å². The molecule has 0 aliphatic heterocycles. The lowest BCUT2D eigenvalue weighted by molar-refractivity contribution is -0.113. The topological polar surface area (TPSA) is 72.2 Å². The molecule has 1 N–H and O–H groups in total. The van der Waals surface area contributed by atoms with Crippen LogP contribution in [-0.2, 0) is 4.79 Å². The minimum Gasteiger partial charge on any atom is -0.437 e. The maximum absolute atomic E-state index is 11.9. The Morgan fingerprint density at radius 1 is 1.29 bits per heavy atom. The molecule has 0 atom stereocenters. The molecule has 110 valence electrons. The molecule has 0 aliphatic rings. The predicted octanol–water partition coefficient (Wildman–Crippen LogP) is 3.22. The van der Waals surface area contributed by atoms with Crippen molar-refractivity contribution in [3.63, 3.8) is 0 Å². The number of carbonyl (C=O) groups is 2. The lowest BCUT2D eigenvalue weighted by Gasteiger charge is -2.08. The predicted molar refractivity (Wildman–Crippen MR) is 81.8 cm³/mol. The van der Waals surface area contributed by atoms with Crippen molar-refractivity contribution in [2.24, 2.45) is 0 Å². The minimum absolute atomic E-state index is 0.0856. The van der Waals surface area contributed by atoms with Crippen molar-refractivity contribution < 1.29 is 14.0 Å². The highest BCUT2D eigenvalue weighted by molar-refractivity contribution is 7.99. The van der Waals surface area contributed by atoms with Gasteiger partial charge in [0, 0.05) is 5.56 Å². The molecule has 1 heterocycles. The Hall–Kier alpha value is -2.08. The first-order valence-electron chi connectivity index (χ1n) is 6.44. The van der Waals surface area contributed by atoms with Gasteiger partial charge in [-0.05, 0) is 32.9 Å². The zero-order valence-electron chi connectivity index (χ0n) is 12.1. The fourth-order valence-corrected chi connectivity index (χ4v) is 2.43. The van der Waals surface area contributed by atoms with Crippen LogP contribution in [0.25, 0.3) is 0 Å². The Morgan fingerprint density at radius 2 is 2.00 bits per heavy atom. The number of nitrogens with one attached hydrogen (secondary N) is 1. The van der Waals surface area contributed by atoms with Crippen molar-refractivity contribution in [2.45, 2.75) is 26.0 Å². The van der Waals surface area contributed by atoms with E-state index in [9.17, 15) is 9.59 Å². The van der Waals surface area contributed by atoms with Crippen LogP contribution in [0.4, 0.5) is 5.69 Å². The number of ketones is 1. The lowest BCUT2D eigenvalue weighted by atomic mass is 10.1. The first-order valence-corrected chi connectivity index (χ1v) is 7.42. The smallest absolute Gasteiger partial charge is 0.256 e. The van der Waals surface area contributed by atoms with Crippen molar-refractivity contribution in [2.75, 3.05) is 11.1 Å². The summed E-state index contributed by atoms with van der Waals surface area (Å²) in [4.78, 5) is 27.6. The number of hydrogen-bond acceptors (Lipinski definition) is 5. The van der Waals surface area contributed by atoms with Gasteiger partial charge in [-0.2, -0.15) is 0 Å². The minimum atomic E-state index is -0.206. The first kappa shape index (κ1) is 15.3. The van der Waals surface area contributed by atoms with Crippen LogP contribution >= 0.6 is 11.8 Å². The van der Waals surface area contributed by atoms with E-state index in [4.69, 9.17) is 4.42 Å². The third-order valence-electron chi connectivity index (χ3n) is 2.92. The molecule has 0 saturated heterocycles. The number of carbonyl (C=O) groups excluding carboxylic acids is 2. The van der Waals surface area contributed by atoms with Gasteiger partial charge in [-0.25, -0.2) is 4.98 Å². The number of aromatic nitrogens is 1. The van der Waals surface area contributed by atoms with Crippen LogP contribution in [0.3, 0.4) is 0 Å². The maximum Gasteiger partial charge on any atom is 0.256 e. The van der Waals surface area contributed by atoms with E-state index in [0.717, 1.165) is 11.5 Å². The van der Waals surface area contributed by atoms with Gasteiger partial charge in [-0.1, -0.05) is 23.9 Å². The normalized spacial score (nSPS) is 10.4. The monoisotopic (exact) mass is 304 g/mol. The zero-order valence-corrected chi connectivity index (χ0v) is 12.9. The summed E-state index contributed by atoms with van der Waals surface area (Å²) in [6.07, 6.45) is 0. The molecule has 2 aromatic rings. The summed E-state index contributed by atoms with van der Waals surface area (Å²) in [6.45, 7) is 5.15. The summed E-state index contributed by atoms with van der Waals surface area (Å²) >= 11 is 1.22. The van der Waals surface area contributed by atoms with Crippen LogP contribution in [0.2, 0.25) is 0 Å². The molecule has 6 heteroatoms. The highest BCUT2D eigenvalue weighted by Crippen LogP contribution is 2.21. The third kappa shape index (κ3) is 3.95. The summed E-state index contributed by atoms with van der Waals surface area (Å²) < 4.78 is 5.39. The molecule has 5 nitrogen and oxygen atoms in total. The number of oxazole rings is 1. The van der Waals surface area contributed by atoms with Crippen molar-refractivity contribution in [1.29, 1.82) is 0 Å². The van der Waals surface area contributed by atoms with Gasteiger partial charge in [0.2, 0.25) is 5.91 Å². The summed E-state index contributed by atoms with van der Waals surface area (Å²) in [5.41, 5.74) is 1.84. The molecule has 0 spiro atoms. The van der Waals surface area contributed by atoms with Gasteiger partial charge in [-0.15, -0.1) is 0 Å². The van der Waals surface area contributed by atoms with Gasteiger partial charge in [0.05, 0.1) is 17.1 Å². The van der Waals surface area contributed by atoms with Gasteiger partial charge in [0.25, 0.3) is 5.22 Å². The molecule has 0 bridgehead atoms. The van der Waals surface area contributed by atoms with Gasteiger partial charge < -0.3 is 9.73 Å². The number of thioether (sulfide) groups is 1. The van der Waals surface area contributed by atoms with Crippen molar-refractivity contribution in [3.05, 3.63) is 41.3 Å². The second kappa shape index (κ2) is 6.58. The molecule has 0 fully saturated rings. The molecule has 1 amide bonds.